The maximum absolute atomic E-state index is 13.2. The first kappa shape index (κ1) is 20.7. The van der Waals surface area contributed by atoms with Gasteiger partial charge < -0.3 is 14.8 Å². The molecule has 2 aromatic heterocycles. The number of aliphatic hydroxyl groups excluding tert-OH is 1. The Labute approximate surface area is 190 Å². The zero-order valence-electron chi connectivity index (χ0n) is 18.1. The molecule has 0 aliphatic heterocycles. The summed E-state index contributed by atoms with van der Waals surface area (Å²) in [6, 6.07) is 16.8. The molecule has 33 heavy (non-hydrogen) atoms. The number of H-pyrrole nitrogens is 1. The van der Waals surface area contributed by atoms with Gasteiger partial charge in [-0.1, -0.05) is 37.3 Å². The number of nitriles is 1. The number of hydrogen-bond acceptors (Lipinski definition) is 6. The first-order valence-corrected chi connectivity index (χ1v) is 10.9. The summed E-state index contributed by atoms with van der Waals surface area (Å²) in [5.41, 5.74) is 4.45. The summed E-state index contributed by atoms with van der Waals surface area (Å²) in [6.45, 7) is 1.73. The van der Waals surface area contributed by atoms with E-state index in [-0.39, 0.29) is 17.2 Å². The number of pyridine rings is 1. The molecule has 4 aromatic rings. The summed E-state index contributed by atoms with van der Waals surface area (Å²) in [5.74, 6) is -0.218. The smallest absolute Gasteiger partial charge is 0.339 e. The van der Waals surface area contributed by atoms with Gasteiger partial charge in [0.1, 0.15) is 18.2 Å². The van der Waals surface area contributed by atoms with E-state index in [1.54, 1.807) is 6.07 Å². The Hall–Kier alpha value is -4.18. The molecule has 2 aromatic carbocycles. The minimum absolute atomic E-state index is 0.0609. The number of fused-ring (bicyclic) bond motifs is 3. The number of aryl methyl sites for hydroxylation is 1. The summed E-state index contributed by atoms with van der Waals surface area (Å²) in [4.78, 5) is 25.4. The molecule has 1 atom stereocenters. The Morgan fingerprint density at radius 3 is 2.73 bits per heavy atom. The highest BCUT2D eigenvalue weighted by molar-refractivity contribution is 6.05. The number of para-hydroxylation sites is 3. The molecule has 7 heteroatoms. The molecule has 1 aliphatic carbocycles. The lowest BCUT2D eigenvalue weighted by Gasteiger charge is -2.24. The third kappa shape index (κ3) is 3.80. The predicted molar refractivity (Wildman–Crippen MR) is 124 cm³/mol. The zero-order valence-corrected chi connectivity index (χ0v) is 18.1. The van der Waals surface area contributed by atoms with Crippen LogP contribution in [0.5, 0.6) is 0 Å². The molecule has 1 aliphatic rings. The van der Waals surface area contributed by atoms with Crippen molar-refractivity contribution >= 4 is 33.5 Å². The number of aromatic amines is 1. The third-order valence-electron chi connectivity index (χ3n) is 6.08. The summed E-state index contributed by atoms with van der Waals surface area (Å²) >= 11 is 0. The van der Waals surface area contributed by atoms with Crippen molar-refractivity contribution in [2.45, 2.75) is 26.2 Å². The number of rotatable bonds is 4. The van der Waals surface area contributed by atoms with Crippen LogP contribution in [-0.4, -0.2) is 32.6 Å². The topological polar surface area (TPSA) is 112 Å². The second kappa shape index (κ2) is 8.40. The normalized spacial score (nSPS) is 16.2. The summed E-state index contributed by atoms with van der Waals surface area (Å²) in [7, 11) is 0. The molecule has 5 rings (SSSR count). The molecule has 0 saturated carbocycles. The largest absolute Gasteiger partial charge is 0.507 e. The van der Waals surface area contributed by atoms with Crippen LogP contribution in [0.25, 0.3) is 27.5 Å². The van der Waals surface area contributed by atoms with E-state index in [2.05, 4.69) is 16.9 Å². The number of aromatic nitrogens is 3. The van der Waals surface area contributed by atoms with E-state index in [1.807, 2.05) is 48.5 Å². The average molecular weight is 438 g/mol. The van der Waals surface area contributed by atoms with E-state index in [0.29, 0.717) is 17.0 Å². The van der Waals surface area contributed by atoms with Gasteiger partial charge in [-0.15, -0.1) is 0 Å². The highest BCUT2D eigenvalue weighted by Crippen LogP contribution is 2.32. The molecule has 1 unspecified atom stereocenters. The average Bonchev–Trinajstić information content (AvgIpc) is 3.25. The number of nitrogens with one attached hydrogen (secondary N) is 1. The fraction of sp³-hybridized carbons (Fsp3) is 0.231. The van der Waals surface area contributed by atoms with Crippen molar-refractivity contribution < 1.29 is 14.6 Å². The van der Waals surface area contributed by atoms with Gasteiger partial charge in [0, 0.05) is 11.1 Å². The minimum Gasteiger partial charge on any atom is -0.507 e. The molecule has 0 fully saturated rings. The van der Waals surface area contributed by atoms with Gasteiger partial charge in [-0.05, 0) is 48.9 Å². The Kier molecular flexibility index (Phi) is 5.27. The van der Waals surface area contributed by atoms with Crippen LogP contribution < -0.4 is 0 Å². The Balaban J connectivity index is 1.47. The van der Waals surface area contributed by atoms with E-state index in [4.69, 9.17) is 9.72 Å². The highest BCUT2D eigenvalue weighted by Gasteiger charge is 2.26. The first-order chi connectivity index (χ1) is 16.0. The number of hydrogen-bond donors (Lipinski definition) is 2. The van der Waals surface area contributed by atoms with Gasteiger partial charge in [0.05, 0.1) is 22.1 Å². The Morgan fingerprint density at radius 1 is 1.18 bits per heavy atom. The van der Waals surface area contributed by atoms with E-state index in [0.717, 1.165) is 46.9 Å². The van der Waals surface area contributed by atoms with E-state index >= 15 is 0 Å². The number of imidazole rings is 1. The minimum atomic E-state index is -0.535. The van der Waals surface area contributed by atoms with Crippen LogP contribution >= 0.6 is 0 Å². The molecule has 2 N–H and O–H groups in total. The van der Waals surface area contributed by atoms with E-state index < -0.39 is 12.6 Å². The van der Waals surface area contributed by atoms with Gasteiger partial charge in [0.2, 0.25) is 0 Å². The van der Waals surface area contributed by atoms with Crippen LogP contribution in [0, 0.1) is 17.2 Å². The lowest BCUT2D eigenvalue weighted by molar-refractivity contribution is 0.0503. The van der Waals surface area contributed by atoms with Crippen LogP contribution in [0.15, 0.2) is 54.3 Å². The molecule has 7 nitrogen and oxygen atoms in total. The number of carbonyl (C=O) groups is 1. The quantitative estimate of drug-likeness (QED) is 0.267. The van der Waals surface area contributed by atoms with Gasteiger partial charge in [0.25, 0.3) is 0 Å². The van der Waals surface area contributed by atoms with Gasteiger partial charge in [-0.25, -0.2) is 9.78 Å². The molecule has 0 spiro atoms. The van der Waals surface area contributed by atoms with Crippen molar-refractivity contribution in [3.63, 3.8) is 0 Å². The Bertz CT molecular complexity index is 1430. The van der Waals surface area contributed by atoms with Crippen LogP contribution in [0.4, 0.5) is 0 Å². The van der Waals surface area contributed by atoms with Gasteiger partial charge in [-0.2, -0.15) is 5.26 Å². The van der Waals surface area contributed by atoms with Crippen LogP contribution in [0.2, 0.25) is 0 Å². The van der Waals surface area contributed by atoms with E-state index in [1.165, 1.54) is 0 Å². The van der Waals surface area contributed by atoms with Crippen molar-refractivity contribution in [3.05, 3.63) is 76.9 Å². The maximum atomic E-state index is 13.2. The molecule has 0 saturated heterocycles. The summed E-state index contributed by atoms with van der Waals surface area (Å²) in [5, 5.41) is 20.9. The predicted octanol–water partition coefficient (Wildman–Crippen LogP) is 4.89. The van der Waals surface area contributed by atoms with Crippen LogP contribution in [0.3, 0.4) is 0 Å². The molecule has 0 amide bonds. The number of allylic oxidation sites excluding steroid dienone is 1. The van der Waals surface area contributed by atoms with Crippen molar-refractivity contribution in [2.24, 2.45) is 5.92 Å². The van der Waals surface area contributed by atoms with Crippen molar-refractivity contribution in [1.29, 1.82) is 5.26 Å². The molecule has 0 radical (unpaired) electrons. The van der Waals surface area contributed by atoms with Gasteiger partial charge >= 0.3 is 5.97 Å². The Morgan fingerprint density at radius 2 is 1.94 bits per heavy atom. The lowest BCUT2D eigenvalue weighted by atomic mass is 9.84. The number of carbonyl (C=O) groups excluding carboxylic acids is 1. The first-order valence-electron chi connectivity index (χ1n) is 10.9. The number of esters is 1. The number of nitrogens with zero attached hydrogens (tertiary/aromatic N) is 3. The fourth-order valence-electron chi connectivity index (χ4n) is 4.40. The molecule has 2 heterocycles. The van der Waals surface area contributed by atoms with Gasteiger partial charge in [-0.3, -0.25) is 4.98 Å². The van der Waals surface area contributed by atoms with Crippen molar-refractivity contribution in [3.8, 4) is 6.07 Å². The molecular weight excluding hydrogens is 416 g/mol. The number of aliphatic hydroxyl groups is 1. The number of benzene rings is 2. The van der Waals surface area contributed by atoms with Gasteiger partial charge in [0.15, 0.2) is 11.6 Å². The highest BCUT2D eigenvalue weighted by atomic mass is 16.5. The SMILES string of the molecule is CC1CCc2nc3ccccc3c(C(=O)OC/C(O)=C(\C#N)c3nc4ccccc4[nH]3)c2C1. The summed E-state index contributed by atoms with van der Waals surface area (Å²) < 4.78 is 5.51. The van der Waals surface area contributed by atoms with Crippen LogP contribution in [-0.2, 0) is 17.6 Å². The monoisotopic (exact) mass is 438 g/mol. The van der Waals surface area contributed by atoms with E-state index in [9.17, 15) is 15.2 Å². The fourth-order valence-corrected chi connectivity index (χ4v) is 4.40. The molecule has 164 valence electrons. The van der Waals surface area contributed by atoms with Crippen molar-refractivity contribution in [1.82, 2.24) is 15.0 Å². The third-order valence-corrected chi connectivity index (χ3v) is 6.08. The molecular formula is C26H22N4O3. The van der Waals surface area contributed by atoms with Crippen LogP contribution in [0.1, 0.15) is 40.8 Å². The standard InChI is InChI=1S/C26H22N4O3/c1-15-10-11-20-17(12-15)24(16-6-2-3-7-19(16)28-20)26(32)33-14-23(31)18(13-27)25-29-21-8-4-5-9-22(21)30-25/h2-9,15,31H,10-12,14H2,1H3,(H,29,30)/b23-18-. The van der Waals surface area contributed by atoms with Crippen molar-refractivity contribution in [2.75, 3.05) is 6.61 Å². The second-order valence-electron chi connectivity index (χ2n) is 8.39. The zero-order chi connectivity index (χ0) is 22.9. The maximum Gasteiger partial charge on any atom is 0.339 e. The number of ether oxygens (including phenoxy) is 1. The second-order valence-corrected chi connectivity index (χ2v) is 8.39. The summed E-state index contributed by atoms with van der Waals surface area (Å²) in [6.07, 6.45) is 2.60. The molecule has 0 bridgehead atoms. The lowest BCUT2D eigenvalue weighted by Crippen LogP contribution is -2.20.